The average molecular weight is 290 g/mol. The van der Waals surface area contributed by atoms with Crippen molar-refractivity contribution in [3.05, 3.63) is 64.7 Å². The fourth-order valence-corrected chi connectivity index (χ4v) is 2.54. The Bertz CT molecular complexity index is 556. The fourth-order valence-electron chi connectivity index (χ4n) is 2.34. The Morgan fingerprint density at radius 3 is 2.50 bits per heavy atom. The molecule has 0 bridgehead atoms. The van der Waals surface area contributed by atoms with Gasteiger partial charge in [0.1, 0.15) is 5.75 Å². The summed E-state index contributed by atoms with van der Waals surface area (Å²) < 4.78 is 5.37. The van der Waals surface area contributed by atoms with Gasteiger partial charge in [-0.25, -0.2) is 0 Å². The SMILES string of the molecule is COc1ccc(Cl)cc1CC(N)C(C)c1ccccc1. The molecule has 2 nitrogen and oxygen atoms in total. The van der Waals surface area contributed by atoms with Gasteiger partial charge >= 0.3 is 0 Å². The van der Waals surface area contributed by atoms with Crippen molar-refractivity contribution in [1.82, 2.24) is 0 Å². The first-order valence-corrected chi connectivity index (χ1v) is 7.12. The molecular formula is C17H20ClNO. The Balaban J connectivity index is 2.15. The van der Waals surface area contributed by atoms with Crippen molar-refractivity contribution in [1.29, 1.82) is 0 Å². The van der Waals surface area contributed by atoms with Crippen LogP contribution in [0.5, 0.6) is 5.75 Å². The number of hydrogen-bond donors (Lipinski definition) is 1. The molecule has 3 heteroatoms. The first kappa shape index (κ1) is 14.9. The highest BCUT2D eigenvalue weighted by atomic mass is 35.5. The Morgan fingerprint density at radius 1 is 1.15 bits per heavy atom. The molecule has 0 aliphatic heterocycles. The van der Waals surface area contributed by atoms with Crippen LogP contribution in [0.3, 0.4) is 0 Å². The minimum atomic E-state index is 0.0183. The highest BCUT2D eigenvalue weighted by molar-refractivity contribution is 6.30. The summed E-state index contributed by atoms with van der Waals surface area (Å²) in [7, 11) is 1.67. The summed E-state index contributed by atoms with van der Waals surface area (Å²) in [5.41, 5.74) is 8.66. The van der Waals surface area contributed by atoms with Crippen LogP contribution in [0, 0.1) is 0 Å². The zero-order valence-corrected chi connectivity index (χ0v) is 12.6. The van der Waals surface area contributed by atoms with Crippen molar-refractivity contribution in [2.24, 2.45) is 5.73 Å². The highest BCUT2D eigenvalue weighted by Crippen LogP contribution is 2.27. The maximum Gasteiger partial charge on any atom is 0.122 e. The first-order chi connectivity index (χ1) is 9.61. The topological polar surface area (TPSA) is 35.2 Å². The average Bonchev–Trinajstić information content (AvgIpc) is 2.47. The number of halogens is 1. The lowest BCUT2D eigenvalue weighted by Gasteiger charge is -2.21. The van der Waals surface area contributed by atoms with E-state index < -0.39 is 0 Å². The van der Waals surface area contributed by atoms with E-state index in [1.807, 2.05) is 36.4 Å². The molecular weight excluding hydrogens is 270 g/mol. The van der Waals surface area contributed by atoms with Crippen LogP contribution in [0.25, 0.3) is 0 Å². The van der Waals surface area contributed by atoms with Crippen molar-refractivity contribution in [3.8, 4) is 5.75 Å². The number of hydrogen-bond acceptors (Lipinski definition) is 2. The molecule has 2 atom stereocenters. The lowest BCUT2D eigenvalue weighted by molar-refractivity contribution is 0.406. The molecule has 0 saturated heterocycles. The highest BCUT2D eigenvalue weighted by Gasteiger charge is 2.17. The predicted molar refractivity (Wildman–Crippen MR) is 84.5 cm³/mol. The summed E-state index contributed by atoms with van der Waals surface area (Å²) in [4.78, 5) is 0. The van der Waals surface area contributed by atoms with Gasteiger partial charge in [0.15, 0.2) is 0 Å². The van der Waals surface area contributed by atoms with Gasteiger partial charge in [-0.1, -0.05) is 48.9 Å². The van der Waals surface area contributed by atoms with Gasteiger partial charge in [0, 0.05) is 11.1 Å². The van der Waals surface area contributed by atoms with Crippen LogP contribution < -0.4 is 10.5 Å². The van der Waals surface area contributed by atoms with E-state index in [0.29, 0.717) is 5.02 Å². The van der Waals surface area contributed by atoms with Gasteiger partial charge in [-0.3, -0.25) is 0 Å². The van der Waals surface area contributed by atoms with Crippen LogP contribution in [0.2, 0.25) is 5.02 Å². The number of benzene rings is 2. The second kappa shape index (κ2) is 6.78. The summed E-state index contributed by atoms with van der Waals surface area (Å²) in [6, 6.07) is 16.0. The monoisotopic (exact) mass is 289 g/mol. The maximum absolute atomic E-state index is 6.36. The summed E-state index contributed by atoms with van der Waals surface area (Å²) in [5, 5.41) is 0.709. The van der Waals surface area contributed by atoms with Gasteiger partial charge in [0.2, 0.25) is 0 Å². The summed E-state index contributed by atoms with van der Waals surface area (Å²) in [5.74, 6) is 1.12. The Kier molecular flexibility index (Phi) is 5.05. The molecule has 0 heterocycles. The molecule has 0 saturated carbocycles. The van der Waals surface area contributed by atoms with E-state index in [2.05, 4.69) is 19.1 Å². The van der Waals surface area contributed by atoms with Gasteiger partial charge < -0.3 is 10.5 Å². The third-order valence-electron chi connectivity index (χ3n) is 3.67. The molecule has 2 aromatic rings. The number of methoxy groups -OCH3 is 1. The number of nitrogens with two attached hydrogens (primary N) is 1. The van der Waals surface area contributed by atoms with Crippen LogP contribution in [-0.4, -0.2) is 13.2 Å². The smallest absolute Gasteiger partial charge is 0.122 e. The predicted octanol–water partition coefficient (Wildman–Crippen LogP) is 4.02. The molecule has 0 amide bonds. The van der Waals surface area contributed by atoms with Crippen molar-refractivity contribution >= 4 is 11.6 Å². The van der Waals surface area contributed by atoms with E-state index >= 15 is 0 Å². The zero-order valence-electron chi connectivity index (χ0n) is 11.8. The molecule has 0 aliphatic rings. The maximum atomic E-state index is 6.36. The molecule has 0 aliphatic carbocycles. The molecule has 2 rings (SSSR count). The zero-order chi connectivity index (χ0) is 14.5. The van der Waals surface area contributed by atoms with Crippen LogP contribution in [0.1, 0.15) is 24.0 Å². The van der Waals surface area contributed by atoms with Gasteiger partial charge in [-0.05, 0) is 41.7 Å². The van der Waals surface area contributed by atoms with Crippen molar-refractivity contribution in [3.63, 3.8) is 0 Å². The van der Waals surface area contributed by atoms with Gasteiger partial charge in [0.05, 0.1) is 7.11 Å². The third kappa shape index (κ3) is 3.53. The van der Waals surface area contributed by atoms with E-state index in [1.165, 1.54) is 5.56 Å². The van der Waals surface area contributed by atoms with Gasteiger partial charge in [-0.2, -0.15) is 0 Å². The minimum absolute atomic E-state index is 0.0183. The Hall–Kier alpha value is -1.51. The Morgan fingerprint density at radius 2 is 1.85 bits per heavy atom. The van der Waals surface area contributed by atoms with Gasteiger partial charge in [-0.15, -0.1) is 0 Å². The van der Waals surface area contributed by atoms with Crippen LogP contribution in [0.15, 0.2) is 48.5 Å². The quantitative estimate of drug-likeness (QED) is 0.902. The van der Waals surface area contributed by atoms with E-state index in [0.717, 1.165) is 17.7 Å². The summed E-state index contributed by atoms with van der Waals surface area (Å²) >= 11 is 6.06. The first-order valence-electron chi connectivity index (χ1n) is 6.74. The molecule has 0 spiro atoms. The largest absolute Gasteiger partial charge is 0.496 e. The van der Waals surface area contributed by atoms with Gasteiger partial charge in [0.25, 0.3) is 0 Å². The lowest BCUT2D eigenvalue weighted by Crippen LogP contribution is -2.29. The third-order valence-corrected chi connectivity index (χ3v) is 3.90. The summed E-state index contributed by atoms with van der Waals surface area (Å²) in [6.45, 7) is 2.15. The molecule has 2 unspecified atom stereocenters. The molecule has 0 radical (unpaired) electrons. The second-order valence-corrected chi connectivity index (χ2v) is 5.46. The number of ether oxygens (including phenoxy) is 1. The van der Waals surface area contributed by atoms with Crippen LogP contribution >= 0.6 is 11.6 Å². The Labute approximate surface area is 125 Å². The normalized spacial score (nSPS) is 13.8. The van der Waals surface area contributed by atoms with Crippen molar-refractivity contribution in [2.75, 3.05) is 7.11 Å². The van der Waals surface area contributed by atoms with Crippen LogP contribution in [-0.2, 0) is 6.42 Å². The van der Waals surface area contributed by atoms with E-state index in [-0.39, 0.29) is 12.0 Å². The van der Waals surface area contributed by atoms with Crippen LogP contribution in [0.4, 0.5) is 0 Å². The second-order valence-electron chi connectivity index (χ2n) is 5.02. The van der Waals surface area contributed by atoms with Crippen molar-refractivity contribution in [2.45, 2.75) is 25.3 Å². The van der Waals surface area contributed by atoms with Crippen molar-refractivity contribution < 1.29 is 4.74 Å². The number of rotatable bonds is 5. The standard InChI is InChI=1S/C17H20ClNO/c1-12(13-6-4-3-5-7-13)16(19)11-14-10-15(18)8-9-17(14)20-2/h3-10,12,16H,11,19H2,1-2H3. The van der Waals surface area contributed by atoms with E-state index in [9.17, 15) is 0 Å². The molecule has 2 N–H and O–H groups in total. The molecule has 0 aromatic heterocycles. The molecule has 20 heavy (non-hydrogen) atoms. The molecule has 2 aromatic carbocycles. The summed E-state index contributed by atoms with van der Waals surface area (Å²) in [6.07, 6.45) is 0.736. The minimum Gasteiger partial charge on any atom is -0.496 e. The molecule has 0 fully saturated rings. The molecule has 106 valence electrons. The fraction of sp³-hybridized carbons (Fsp3) is 0.294. The lowest BCUT2D eigenvalue weighted by atomic mass is 9.89. The van der Waals surface area contributed by atoms with E-state index in [4.69, 9.17) is 22.1 Å². The van der Waals surface area contributed by atoms with E-state index in [1.54, 1.807) is 7.11 Å².